The predicted molar refractivity (Wildman–Crippen MR) is 242 cm³/mol. The van der Waals surface area contributed by atoms with Crippen molar-refractivity contribution in [2.45, 2.75) is 263 Å². The van der Waals surface area contributed by atoms with E-state index < -0.39 is 43.4 Å². The Balaban J connectivity index is 2.11. The summed E-state index contributed by atoms with van der Waals surface area (Å²) in [5, 5.41) is 40.1. The largest absolute Gasteiger partial charge is 0.457 e. The summed E-state index contributed by atoms with van der Waals surface area (Å²) >= 11 is 0. The Bertz CT molecular complexity index is 957. The molecule has 348 valence electrons. The fourth-order valence-electron chi connectivity index (χ4n) is 7.67. The molecule has 1 aliphatic heterocycles. The quantitative estimate of drug-likeness (QED) is 0.0269. The number of unbranched alkanes of at least 4 members (excludes halogenated alkanes) is 28. The third-order valence-corrected chi connectivity index (χ3v) is 11.6. The number of allylic oxidation sites excluding steroid dienone is 4. The standard InChI is InChI=1S/C50H94O9/c1-3-5-7-9-11-13-15-16-17-18-19-20-21-22-23-24-25-26-27-28-29-30-32-34-36-38-40-56-42-44(43-57-50-49(55)48(54)47(53)45(41-51)59-50)58-46(52)39-37-35-33-31-14-12-10-8-6-4-2/h8,10,18-19,44-45,47-51,53-55H,3-7,9,11-17,20-43H2,1-2H3/b10-8-,19-18-. The van der Waals surface area contributed by atoms with Crippen LogP contribution in [0.4, 0.5) is 0 Å². The molecule has 0 amide bonds. The maximum atomic E-state index is 12.7. The molecule has 0 aliphatic carbocycles. The van der Waals surface area contributed by atoms with Gasteiger partial charge in [0, 0.05) is 13.0 Å². The summed E-state index contributed by atoms with van der Waals surface area (Å²) in [6, 6.07) is 0. The number of rotatable bonds is 43. The summed E-state index contributed by atoms with van der Waals surface area (Å²) in [7, 11) is 0. The summed E-state index contributed by atoms with van der Waals surface area (Å²) in [6.07, 6.45) is 42.3. The van der Waals surface area contributed by atoms with Gasteiger partial charge in [0.15, 0.2) is 6.29 Å². The van der Waals surface area contributed by atoms with E-state index in [0.29, 0.717) is 13.0 Å². The van der Waals surface area contributed by atoms with Crippen molar-refractivity contribution in [2.75, 3.05) is 26.4 Å². The molecule has 9 nitrogen and oxygen atoms in total. The topological polar surface area (TPSA) is 135 Å². The zero-order valence-electron chi connectivity index (χ0n) is 38.3. The van der Waals surface area contributed by atoms with Crippen molar-refractivity contribution in [3.05, 3.63) is 24.3 Å². The summed E-state index contributed by atoms with van der Waals surface area (Å²) in [4.78, 5) is 12.7. The highest BCUT2D eigenvalue weighted by molar-refractivity contribution is 5.69. The molecule has 1 saturated heterocycles. The second-order valence-corrected chi connectivity index (χ2v) is 17.3. The molecule has 1 aliphatic rings. The lowest BCUT2D eigenvalue weighted by Gasteiger charge is -2.39. The monoisotopic (exact) mass is 839 g/mol. The van der Waals surface area contributed by atoms with E-state index in [1.54, 1.807) is 0 Å². The van der Waals surface area contributed by atoms with Gasteiger partial charge in [-0.05, 0) is 57.8 Å². The number of carbonyl (C=O) groups excluding carboxylic acids is 1. The third kappa shape index (κ3) is 33.0. The lowest BCUT2D eigenvalue weighted by molar-refractivity contribution is -0.305. The molecule has 59 heavy (non-hydrogen) atoms. The molecular weight excluding hydrogens is 745 g/mol. The van der Waals surface area contributed by atoms with E-state index in [0.717, 1.165) is 57.8 Å². The van der Waals surface area contributed by atoms with E-state index in [2.05, 4.69) is 38.2 Å². The minimum absolute atomic E-state index is 0.114. The highest BCUT2D eigenvalue weighted by atomic mass is 16.7. The van der Waals surface area contributed by atoms with E-state index in [9.17, 15) is 25.2 Å². The van der Waals surface area contributed by atoms with E-state index in [1.807, 2.05) is 0 Å². The van der Waals surface area contributed by atoms with Crippen molar-refractivity contribution in [1.29, 1.82) is 0 Å². The Labute approximate surface area is 362 Å². The summed E-state index contributed by atoms with van der Waals surface area (Å²) < 4.78 is 22.8. The molecule has 0 bridgehead atoms. The minimum Gasteiger partial charge on any atom is -0.457 e. The highest BCUT2D eigenvalue weighted by Crippen LogP contribution is 2.23. The van der Waals surface area contributed by atoms with Crippen LogP contribution < -0.4 is 0 Å². The second-order valence-electron chi connectivity index (χ2n) is 17.3. The third-order valence-electron chi connectivity index (χ3n) is 11.6. The van der Waals surface area contributed by atoms with E-state index >= 15 is 0 Å². The van der Waals surface area contributed by atoms with Crippen LogP contribution in [0.2, 0.25) is 0 Å². The van der Waals surface area contributed by atoms with E-state index in [1.165, 1.54) is 148 Å². The number of carbonyl (C=O) groups is 1. The van der Waals surface area contributed by atoms with Crippen molar-refractivity contribution in [1.82, 2.24) is 0 Å². The Morgan fingerprint density at radius 1 is 0.525 bits per heavy atom. The molecule has 0 aromatic heterocycles. The van der Waals surface area contributed by atoms with Crippen LogP contribution in [-0.4, -0.2) is 89.6 Å². The number of hydrogen-bond donors (Lipinski definition) is 4. The second kappa shape index (κ2) is 42.0. The molecule has 0 aromatic carbocycles. The van der Waals surface area contributed by atoms with Gasteiger partial charge in [-0.15, -0.1) is 0 Å². The van der Waals surface area contributed by atoms with Gasteiger partial charge >= 0.3 is 5.97 Å². The van der Waals surface area contributed by atoms with Gasteiger partial charge in [-0.25, -0.2) is 0 Å². The maximum absolute atomic E-state index is 12.7. The molecule has 6 unspecified atom stereocenters. The number of esters is 1. The first-order chi connectivity index (χ1) is 28.9. The Kier molecular flexibility index (Phi) is 39.6. The van der Waals surface area contributed by atoms with Crippen LogP contribution in [0.5, 0.6) is 0 Å². The fourth-order valence-corrected chi connectivity index (χ4v) is 7.67. The molecule has 4 N–H and O–H groups in total. The van der Waals surface area contributed by atoms with Gasteiger partial charge in [0.1, 0.15) is 30.5 Å². The summed E-state index contributed by atoms with van der Waals surface area (Å²) in [5.41, 5.74) is 0. The van der Waals surface area contributed by atoms with Gasteiger partial charge in [-0.3, -0.25) is 4.79 Å². The first-order valence-corrected chi connectivity index (χ1v) is 24.9. The number of aliphatic hydroxyl groups excluding tert-OH is 4. The van der Waals surface area contributed by atoms with Crippen molar-refractivity contribution in [2.24, 2.45) is 0 Å². The normalized spacial score (nSPS) is 20.3. The molecule has 1 fully saturated rings. The Hall–Kier alpha value is -1.33. The zero-order valence-corrected chi connectivity index (χ0v) is 38.3. The van der Waals surface area contributed by atoms with Crippen LogP contribution in [-0.2, 0) is 23.7 Å². The van der Waals surface area contributed by atoms with Crippen LogP contribution in [0, 0.1) is 0 Å². The molecule has 0 spiro atoms. The number of aliphatic hydroxyl groups is 4. The first-order valence-electron chi connectivity index (χ1n) is 24.9. The maximum Gasteiger partial charge on any atom is 0.306 e. The van der Waals surface area contributed by atoms with Crippen molar-refractivity contribution in [3.63, 3.8) is 0 Å². The van der Waals surface area contributed by atoms with Gasteiger partial charge in [-0.2, -0.15) is 0 Å². The highest BCUT2D eigenvalue weighted by Gasteiger charge is 2.44. The lowest BCUT2D eigenvalue weighted by Crippen LogP contribution is -2.59. The molecule has 6 atom stereocenters. The first kappa shape index (κ1) is 55.7. The van der Waals surface area contributed by atoms with E-state index in [-0.39, 0.29) is 19.2 Å². The molecule has 1 rings (SSSR count). The van der Waals surface area contributed by atoms with Crippen LogP contribution in [0.3, 0.4) is 0 Å². The Morgan fingerprint density at radius 2 is 0.966 bits per heavy atom. The smallest absolute Gasteiger partial charge is 0.306 e. The molecule has 0 aromatic rings. The number of ether oxygens (including phenoxy) is 4. The Morgan fingerprint density at radius 3 is 1.44 bits per heavy atom. The molecule has 9 heteroatoms. The van der Waals surface area contributed by atoms with E-state index in [4.69, 9.17) is 18.9 Å². The number of hydrogen-bond acceptors (Lipinski definition) is 9. The van der Waals surface area contributed by atoms with Gasteiger partial charge in [0.25, 0.3) is 0 Å². The molecule has 0 saturated carbocycles. The van der Waals surface area contributed by atoms with Crippen molar-refractivity contribution < 1.29 is 44.2 Å². The zero-order chi connectivity index (χ0) is 42.9. The lowest BCUT2D eigenvalue weighted by atomic mass is 9.99. The van der Waals surface area contributed by atoms with Gasteiger partial charge in [-0.1, -0.05) is 186 Å². The van der Waals surface area contributed by atoms with Crippen LogP contribution in [0.15, 0.2) is 24.3 Å². The van der Waals surface area contributed by atoms with Crippen LogP contribution >= 0.6 is 0 Å². The van der Waals surface area contributed by atoms with Crippen molar-refractivity contribution >= 4 is 5.97 Å². The molecule has 0 radical (unpaired) electrons. The van der Waals surface area contributed by atoms with Gasteiger partial charge in [0.05, 0.1) is 19.8 Å². The summed E-state index contributed by atoms with van der Waals surface area (Å²) in [5.74, 6) is -0.323. The molecular formula is C50H94O9. The summed E-state index contributed by atoms with van der Waals surface area (Å²) in [6.45, 7) is 4.51. The van der Waals surface area contributed by atoms with Gasteiger partial charge < -0.3 is 39.4 Å². The predicted octanol–water partition coefficient (Wildman–Crippen LogP) is 11.8. The van der Waals surface area contributed by atoms with Gasteiger partial charge in [0.2, 0.25) is 0 Å². The van der Waals surface area contributed by atoms with Crippen molar-refractivity contribution in [3.8, 4) is 0 Å². The molecule has 1 heterocycles. The SMILES string of the molecule is CCC/C=C\CCCCCCCC(=O)OC(COCCCCCCCCCCCCCCCC/C=C\CCCCCCCCCC)COC1OC(CO)C(O)C(O)C1O. The van der Waals surface area contributed by atoms with Crippen LogP contribution in [0.25, 0.3) is 0 Å². The van der Waals surface area contributed by atoms with Crippen LogP contribution in [0.1, 0.15) is 226 Å². The fraction of sp³-hybridized carbons (Fsp3) is 0.900. The minimum atomic E-state index is -1.53. The average molecular weight is 839 g/mol. The average Bonchev–Trinajstić information content (AvgIpc) is 3.24.